The van der Waals surface area contributed by atoms with Crippen molar-refractivity contribution in [1.29, 1.82) is 0 Å². The van der Waals surface area contributed by atoms with Crippen molar-refractivity contribution in [1.82, 2.24) is 15.4 Å². The van der Waals surface area contributed by atoms with E-state index < -0.39 is 23.1 Å². The molecule has 0 saturated heterocycles. The number of benzene rings is 1. The molecule has 19 heavy (non-hydrogen) atoms. The maximum atomic E-state index is 13.7. The Morgan fingerprint density at radius 1 is 1.32 bits per heavy atom. The van der Waals surface area contributed by atoms with Gasteiger partial charge in [0.25, 0.3) is 0 Å². The first-order valence-electron chi connectivity index (χ1n) is 5.14. The fraction of sp³-hybridized carbons (Fsp3) is 0.182. The molecule has 0 amide bonds. The van der Waals surface area contributed by atoms with Crippen molar-refractivity contribution < 1.29 is 17.6 Å². The molecule has 0 aliphatic heterocycles. The molecule has 0 saturated carbocycles. The van der Waals surface area contributed by atoms with E-state index in [2.05, 4.69) is 20.4 Å². The van der Waals surface area contributed by atoms with Crippen LogP contribution in [0.4, 0.5) is 17.6 Å². The quantitative estimate of drug-likeness (QED) is 0.675. The van der Waals surface area contributed by atoms with E-state index in [1.807, 2.05) is 0 Å². The van der Waals surface area contributed by atoms with E-state index >= 15 is 0 Å². The standard InChI is InChI=1S/C11H8F4N4/c1-16-5-8-10(18-19-17-8)9-6(11(13,14)15)3-2-4-7(9)12/h2-5H,1H3,(H,17,18,19)/b16-5+. The third kappa shape index (κ3) is 2.47. The molecule has 100 valence electrons. The van der Waals surface area contributed by atoms with Crippen LogP contribution in [-0.2, 0) is 6.18 Å². The molecule has 1 aromatic carbocycles. The Labute approximate surface area is 105 Å². The molecule has 1 N–H and O–H groups in total. The van der Waals surface area contributed by atoms with Gasteiger partial charge in [0.15, 0.2) is 0 Å². The monoisotopic (exact) mass is 272 g/mol. The number of nitrogens with zero attached hydrogens (tertiary/aromatic N) is 3. The van der Waals surface area contributed by atoms with E-state index in [9.17, 15) is 17.6 Å². The van der Waals surface area contributed by atoms with Crippen molar-refractivity contribution >= 4 is 6.21 Å². The largest absolute Gasteiger partial charge is 0.417 e. The van der Waals surface area contributed by atoms with Gasteiger partial charge in [0, 0.05) is 13.3 Å². The number of hydrogen-bond acceptors (Lipinski definition) is 3. The zero-order valence-corrected chi connectivity index (χ0v) is 9.66. The number of rotatable bonds is 2. The van der Waals surface area contributed by atoms with Crippen molar-refractivity contribution in [3.8, 4) is 11.3 Å². The maximum Gasteiger partial charge on any atom is 0.417 e. The number of alkyl halides is 3. The van der Waals surface area contributed by atoms with Crippen LogP contribution in [0.5, 0.6) is 0 Å². The first-order valence-corrected chi connectivity index (χ1v) is 5.14. The predicted molar refractivity (Wildman–Crippen MR) is 60.3 cm³/mol. The summed E-state index contributed by atoms with van der Waals surface area (Å²) in [7, 11) is 1.43. The van der Waals surface area contributed by atoms with Gasteiger partial charge >= 0.3 is 6.18 Å². The highest BCUT2D eigenvalue weighted by Gasteiger charge is 2.36. The Bertz CT molecular complexity index is 615. The number of hydrogen-bond donors (Lipinski definition) is 1. The van der Waals surface area contributed by atoms with Crippen molar-refractivity contribution in [3.05, 3.63) is 35.3 Å². The first kappa shape index (κ1) is 13.2. The molecule has 0 unspecified atom stereocenters. The number of aromatic nitrogens is 3. The van der Waals surface area contributed by atoms with Gasteiger partial charge in [-0.3, -0.25) is 10.1 Å². The number of H-pyrrole nitrogens is 1. The zero-order valence-electron chi connectivity index (χ0n) is 9.66. The minimum Gasteiger partial charge on any atom is -0.294 e. The number of aliphatic imine (C=N–C) groups is 1. The second kappa shape index (κ2) is 4.79. The van der Waals surface area contributed by atoms with Crippen molar-refractivity contribution in [2.75, 3.05) is 7.05 Å². The first-order chi connectivity index (χ1) is 8.95. The molecule has 0 aliphatic rings. The van der Waals surface area contributed by atoms with Crippen LogP contribution in [0.15, 0.2) is 23.2 Å². The van der Waals surface area contributed by atoms with E-state index in [4.69, 9.17) is 0 Å². The zero-order chi connectivity index (χ0) is 14.0. The minimum absolute atomic E-state index is 0.109. The van der Waals surface area contributed by atoms with Gasteiger partial charge in [-0.1, -0.05) is 11.3 Å². The van der Waals surface area contributed by atoms with Crippen molar-refractivity contribution in [3.63, 3.8) is 0 Å². The van der Waals surface area contributed by atoms with E-state index in [1.165, 1.54) is 13.3 Å². The topological polar surface area (TPSA) is 53.9 Å². The molecule has 8 heteroatoms. The van der Waals surface area contributed by atoms with Crippen molar-refractivity contribution in [2.24, 2.45) is 4.99 Å². The number of aromatic amines is 1. The summed E-state index contributed by atoms with van der Waals surface area (Å²) in [5.74, 6) is -1.02. The molecule has 0 fully saturated rings. The highest BCUT2D eigenvalue weighted by molar-refractivity contribution is 5.87. The Morgan fingerprint density at radius 3 is 2.68 bits per heavy atom. The van der Waals surface area contributed by atoms with Crippen molar-refractivity contribution in [2.45, 2.75) is 6.18 Å². The summed E-state index contributed by atoms with van der Waals surface area (Å²) in [5.41, 5.74) is -1.86. The lowest BCUT2D eigenvalue weighted by molar-refractivity contribution is -0.137. The Kier molecular flexibility index (Phi) is 3.32. The summed E-state index contributed by atoms with van der Waals surface area (Å²) in [4.78, 5) is 3.65. The Hall–Kier alpha value is -2.25. The lowest BCUT2D eigenvalue weighted by Gasteiger charge is -2.12. The highest BCUT2D eigenvalue weighted by atomic mass is 19.4. The lowest BCUT2D eigenvalue weighted by Crippen LogP contribution is -2.09. The van der Waals surface area contributed by atoms with E-state index in [1.54, 1.807) is 0 Å². The van der Waals surface area contributed by atoms with Gasteiger partial charge in [0.05, 0.1) is 11.1 Å². The van der Waals surface area contributed by atoms with Crippen LogP contribution in [0.1, 0.15) is 11.3 Å². The van der Waals surface area contributed by atoms with Gasteiger partial charge in [0.1, 0.15) is 17.2 Å². The summed E-state index contributed by atoms with van der Waals surface area (Å²) in [6.07, 6.45) is -3.46. The minimum atomic E-state index is -4.68. The fourth-order valence-electron chi connectivity index (χ4n) is 1.64. The van der Waals surface area contributed by atoms with Crippen LogP contribution in [0.25, 0.3) is 11.3 Å². The lowest BCUT2D eigenvalue weighted by atomic mass is 10.0. The molecule has 0 radical (unpaired) electrons. The summed E-state index contributed by atoms with van der Waals surface area (Å²) in [6.45, 7) is 0. The second-order valence-corrected chi connectivity index (χ2v) is 3.62. The molecule has 0 spiro atoms. The molecule has 1 aromatic heterocycles. The molecule has 2 rings (SSSR count). The molecule has 4 nitrogen and oxygen atoms in total. The van der Waals surface area contributed by atoms with Crippen LogP contribution in [0.3, 0.4) is 0 Å². The average molecular weight is 272 g/mol. The summed E-state index contributed by atoms with van der Waals surface area (Å²) in [5, 5.41) is 9.25. The normalized spacial score (nSPS) is 12.3. The van der Waals surface area contributed by atoms with Gasteiger partial charge in [-0.25, -0.2) is 4.39 Å². The molecular weight excluding hydrogens is 264 g/mol. The van der Waals surface area contributed by atoms with Gasteiger partial charge in [-0.15, -0.1) is 5.10 Å². The Balaban J connectivity index is 2.71. The third-order valence-corrected chi connectivity index (χ3v) is 2.39. The van der Waals surface area contributed by atoms with Crippen LogP contribution in [0, 0.1) is 5.82 Å². The number of nitrogens with one attached hydrogen (secondary N) is 1. The summed E-state index contributed by atoms with van der Waals surface area (Å²) < 4.78 is 52.4. The van der Waals surface area contributed by atoms with E-state index in [0.717, 1.165) is 18.2 Å². The van der Waals surface area contributed by atoms with Crippen LogP contribution in [0.2, 0.25) is 0 Å². The molecule has 2 aromatic rings. The average Bonchev–Trinajstić information content (AvgIpc) is 2.76. The molecular formula is C11H8F4N4. The molecule has 1 heterocycles. The second-order valence-electron chi connectivity index (χ2n) is 3.62. The van der Waals surface area contributed by atoms with Gasteiger partial charge in [-0.2, -0.15) is 13.2 Å². The van der Waals surface area contributed by atoms with Crippen LogP contribution in [-0.4, -0.2) is 28.7 Å². The SMILES string of the molecule is C/N=C/c1[nH]nnc1-c1c(F)cccc1C(F)(F)F. The highest BCUT2D eigenvalue weighted by Crippen LogP contribution is 2.38. The predicted octanol–water partition coefficient (Wildman–Crippen LogP) is 2.68. The number of halogens is 4. The summed E-state index contributed by atoms with van der Waals surface area (Å²) >= 11 is 0. The Morgan fingerprint density at radius 2 is 2.05 bits per heavy atom. The van der Waals surface area contributed by atoms with Crippen LogP contribution >= 0.6 is 0 Å². The molecule has 0 bridgehead atoms. The molecule has 0 atom stereocenters. The fourth-order valence-corrected chi connectivity index (χ4v) is 1.64. The smallest absolute Gasteiger partial charge is 0.294 e. The maximum absolute atomic E-state index is 13.7. The van der Waals surface area contributed by atoms with E-state index in [0.29, 0.717) is 0 Å². The summed E-state index contributed by atoms with van der Waals surface area (Å²) in [6, 6.07) is 2.72. The van der Waals surface area contributed by atoms with Gasteiger partial charge < -0.3 is 0 Å². The van der Waals surface area contributed by atoms with Gasteiger partial charge in [0.2, 0.25) is 0 Å². The van der Waals surface area contributed by atoms with Gasteiger partial charge in [-0.05, 0) is 12.1 Å². The van der Waals surface area contributed by atoms with E-state index in [-0.39, 0.29) is 11.4 Å². The third-order valence-electron chi connectivity index (χ3n) is 2.39. The molecule has 0 aliphatic carbocycles. The van der Waals surface area contributed by atoms with Crippen LogP contribution < -0.4 is 0 Å².